The number of ketones is 2. The second kappa shape index (κ2) is 6.32. The topological polar surface area (TPSA) is 34.1 Å². The number of fused-ring (bicyclic) bond motifs is 7. The van der Waals surface area contributed by atoms with E-state index in [2.05, 4.69) is 51.4 Å². The predicted octanol–water partition coefficient (Wildman–Crippen LogP) is 5.98. The van der Waals surface area contributed by atoms with E-state index in [1.165, 1.54) is 18.4 Å². The van der Waals surface area contributed by atoms with Crippen molar-refractivity contribution in [2.24, 2.45) is 0 Å². The van der Waals surface area contributed by atoms with Gasteiger partial charge < -0.3 is 0 Å². The maximum Gasteiger partial charge on any atom is 0.195 e. The summed E-state index contributed by atoms with van der Waals surface area (Å²) in [6.07, 6.45) is 0. The summed E-state index contributed by atoms with van der Waals surface area (Å²) in [5.41, 5.74) is 2.33. The van der Waals surface area contributed by atoms with Crippen LogP contribution < -0.4 is 9.00 Å². The first-order chi connectivity index (χ1) is 14.0. The van der Waals surface area contributed by atoms with E-state index in [1.54, 1.807) is 12.1 Å². The van der Waals surface area contributed by atoms with E-state index < -0.39 is 16.1 Å². The van der Waals surface area contributed by atoms with Crippen molar-refractivity contribution in [3.8, 4) is 0 Å². The van der Waals surface area contributed by atoms with Crippen molar-refractivity contribution in [1.82, 2.24) is 0 Å². The summed E-state index contributed by atoms with van der Waals surface area (Å²) in [5.74, 6) is -0.0134. The van der Waals surface area contributed by atoms with Gasteiger partial charge in [-0.1, -0.05) is 63.5 Å². The molecule has 0 spiro atoms. The van der Waals surface area contributed by atoms with Crippen LogP contribution in [-0.4, -0.2) is 27.7 Å². The van der Waals surface area contributed by atoms with E-state index in [-0.39, 0.29) is 11.6 Å². The van der Waals surface area contributed by atoms with Gasteiger partial charge in [0.15, 0.2) is 11.6 Å². The Labute approximate surface area is 186 Å². The number of benzene rings is 2. The number of carbonyl (C=O) groups excluding carboxylic acids is 2. The second-order valence-corrected chi connectivity index (χ2v) is 23.1. The Bertz CT molecular complexity index is 1290. The zero-order valence-corrected chi connectivity index (χ0v) is 21.7. The largest absolute Gasteiger partial charge is 0.289 e. The lowest BCUT2D eigenvalue weighted by atomic mass is 9.81. The van der Waals surface area contributed by atoms with Crippen LogP contribution in [0.1, 0.15) is 31.8 Å². The Hall–Kier alpha value is -1.87. The van der Waals surface area contributed by atoms with Crippen LogP contribution in [-0.2, 0) is 0 Å². The van der Waals surface area contributed by atoms with E-state index >= 15 is 0 Å². The van der Waals surface area contributed by atoms with Gasteiger partial charge in [0.25, 0.3) is 0 Å². The van der Waals surface area contributed by atoms with Gasteiger partial charge in [-0.2, -0.15) is 0 Å². The van der Waals surface area contributed by atoms with Crippen LogP contribution in [0.3, 0.4) is 0 Å². The van der Waals surface area contributed by atoms with Gasteiger partial charge in [-0.05, 0) is 21.1 Å². The Morgan fingerprint density at radius 1 is 0.633 bits per heavy atom. The molecule has 0 bridgehead atoms. The van der Waals surface area contributed by atoms with E-state index in [1.807, 2.05) is 34.8 Å². The first-order valence-corrected chi connectivity index (χ1v) is 18.8. The summed E-state index contributed by atoms with van der Waals surface area (Å²) in [4.78, 5) is 27.3. The lowest BCUT2D eigenvalue weighted by molar-refractivity contribution is 0.0981. The smallest absolute Gasteiger partial charge is 0.195 e. The molecule has 0 saturated heterocycles. The molecule has 0 amide bonds. The third-order valence-electron chi connectivity index (χ3n) is 5.81. The highest BCUT2D eigenvalue weighted by Gasteiger charge is 2.36. The number of thiophene rings is 2. The summed E-state index contributed by atoms with van der Waals surface area (Å²) in [7, 11) is -3.11. The Balaban J connectivity index is 1.98. The van der Waals surface area contributed by atoms with Crippen LogP contribution in [0.5, 0.6) is 0 Å². The normalized spacial score (nSPS) is 14.5. The number of hydrogen-bond acceptors (Lipinski definition) is 4. The molecule has 0 atom stereocenters. The molecule has 6 heteroatoms. The molecule has 4 aromatic rings. The zero-order valence-electron chi connectivity index (χ0n) is 18.1. The molecule has 2 aromatic heterocycles. The minimum Gasteiger partial charge on any atom is -0.289 e. The van der Waals surface area contributed by atoms with Gasteiger partial charge in [0, 0.05) is 33.0 Å². The fourth-order valence-corrected chi connectivity index (χ4v) is 10.3. The SMILES string of the molecule is C[Si](C)(C)c1cc2c3c(c4cc([Si](C)(C)C)sc4c2s1)C(=O)c1ccccc1C3=O. The summed E-state index contributed by atoms with van der Waals surface area (Å²) < 4.78 is 5.15. The number of rotatable bonds is 2. The number of hydrogen-bond donors (Lipinski definition) is 0. The monoisotopic (exact) mass is 464 g/mol. The summed E-state index contributed by atoms with van der Waals surface area (Å²) in [6, 6.07) is 11.7. The van der Waals surface area contributed by atoms with Crippen molar-refractivity contribution in [3.05, 3.63) is 58.7 Å². The van der Waals surface area contributed by atoms with Crippen molar-refractivity contribution < 1.29 is 9.59 Å². The van der Waals surface area contributed by atoms with E-state index in [9.17, 15) is 9.59 Å². The van der Waals surface area contributed by atoms with Gasteiger partial charge in [-0.15, -0.1) is 22.7 Å². The Morgan fingerprint density at radius 3 is 1.33 bits per heavy atom. The molecule has 0 unspecified atom stereocenters. The van der Waals surface area contributed by atoms with E-state index in [0.29, 0.717) is 22.3 Å². The third kappa shape index (κ3) is 2.77. The lowest BCUT2D eigenvalue weighted by Crippen LogP contribution is -2.35. The molecule has 0 radical (unpaired) electrons. The van der Waals surface area contributed by atoms with Gasteiger partial charge in [0.05, 0.1) is 25.5 Å². The van der Waals surface area contributed by atoms with Gasteiger partial charge >= 0.3 is 0 Å². The average Bonchev–Trinajstić information content (AvgIpc) is 3.29. The molecule has 0 fully saturated rings. The molecule has 1 aliphatic carbocycles. The van der Waals surface area contributed by atoms with E-state index in [0.717, 1.165) is 10.8 Å². The molecule has 2 nitrogen and oxygen atoms in total. The third-order valence-corrected chi connectivity index (χ3v) is 15.4. The van der Waals surface area contributed by atoms with Gasteiger partial charge in [0.1, 0.15) is 0 Å². The van der Waals surface area contributed by atoms with Crippen molar-refractivity contribution in [2.75, 3.05) is 0 Å². The molecule has 0 aliphatic heterocycles. The molecule has 1 aliphatic rings. The number of carbonyl (C=O) groups is 2. The van der Waals surface area contributed by atoms with Crippen molar-refractivity contribution in [1.29, 1.82) is 0 Å². The van der Waals surface area contributed by atoms with Crippen LogP contribution in [0.2, 0.25) is 39.3 Å². The maximum atomic E-state index is 13.6. The highest BCUT2D eigenvalue weighted by molar-refractivity contribution is 7.37. The first-order valence-electron chi connectivity index (χ1n) is 10.2. The van der Waals surface area contributed by atoms with Crippen molar-refractivity contribution >= 4 is 79.6 Å². The minimum atomic E-state index is -1.55. The fraction of sp³-hybridized carbons (Fsp3) is 0.250. The molecule has 152 valence electrons. The van der Waals surface area contributed by atoms with Crippen molar-refractivity contribution in [2.45, 2.75) is 39.3 Å². The van der Waals surface area contributed by atoms with Crippen LogP contribution >= 0.6 is 22.7 Å². The molecule has 30 heavy (non-hydrogen) atoms. The quantitative estimate of drug-likeness (QED) is 0.301. The maximum absolute atomic E-state index is 13.6. The molecule has 0 N–H and O–H groups in total. The second-order valence-electron chi connectivity index (χ2n) is 10.2. The summed E-state index contributed by atoms with van der Waals surface area (Å²) >= 11 is 3.68. The van der Waals surface area contributed by atoms with Gasteiger partial charge in [0.2, 0.25) is 0 Å². The average molecular weight is 465 g/mol. The summed E-state index contributed by atoms with van der Waals surface area (Å²) in [6.45, 7) is 14.0. The van der Waals surface area contributed by atoms with Gasteiger partial charge in [-0.25, -0.2) is 0 Å². The minimum absolute atomic E-state index is 0.00669. The van der Waals surface area contributed by atoms with Crippen LogP contribution in [0, 0.1) is 0 Å². The standard InChI is InChI=1S/C24H24O2S2Si2/c1-29(2,3)17-11-15-19-20(22(26)14-10-8-7-9-13(14)21(19)25)16-12-18(30(4,5)6)28-24(16)23(15)27-17/h7-12H,1-6H3. The van der Waals surface area contributed by atoms with Gasteiger partial charge in [-0.3, -0.25) is 9.59 Å². The van der Waals surface area contributed by atoms with Crippen LogP contribution in [0.15, 0.2) is 36.4 Å². The van der Waals surface area contributed by atoms with Crippen LogP contribution in [0.25, 0.3) is 20.2 Å². The molecule has 5 rings (SSSR count). The highest BCUT2D eigenvalue weighted by Crippen LogP contribution is 2.43. The predicted molar refractivity (Wildman–Crippen MR) is 136 cm³/mol. The molecular weight excluding hydrogens is 441 g/mol. The molecule has 2 aromatic carbocycles. The summed E-state index contributed by atoms with van der Waals surface area (Å²) in [5, 5.41) is 1.97. The van der Waals surface area contributed by atoms with E-state index in [4.69, 9.17) is 0 Å². The lowest BCUT2D eigenvalue weighted by Gasteiger charge is -2.19. The molecule has 0 saturated carbocycles. The fourth-order valence-electron chi connectivity index (χ4n) is 4.12. The highest BCUT2D eigenvalue weighted by atomic mass is 32.1. The Kier molecular flexibility index (Phi) is 4.23. The van der Waals surface area contributed by atoms with Crippen molar-refractivity contribution in [3.63, 3.8) is 0 Å². The Morgan fingerprint density at radius 2 is 1.00 bits per heavy atom. The first kappa shape index (κ1) is 20.1. The van der Waals surface area contributed by atoms with Crippen LogP contribution in [0.4, 0.5) is 0 Å². The zero-order chi connectivity index (χ0) is 21.6. The molecular formula is C24H24O2S2Si2. The molecule has 2 heterocycles.